The van der Waals surface area contributed by atoms with Gasteiger partial charge in [0.1, 0.15) is 0 Å². The summed E-state index contributed by atoms with van der Waals surface area (Å²) in [6.45, 7) is 3.30. The Labute approximate surface area is 56.6 Å². The summed E-state index contributed by atoms with van der Waals surface area (Å²) in [5.74, 6) is 4.08. The molecular weight excluding hydrogens is 110 g/mol. The van der Waals surface area contributed by atoms with Crippen molar-refractivity contribution >= 4 is 0 Å². The number of hydrogen-bond acceptors (Lipinski definition) is 1. The molecule has 2 aliphatic rings. The number of nitrogens with two attached hydrogens (primary N) is 1. The average molecular weight is 125 g/mol. The Morgan fingerprint density at radius 2 is 2.00 bits per heavy atom. The summed E-state index contributed by atoms with van der Waals surface area (Å²) in [6, 6.07) is 0. The molecule has 0 aromatic rings. The summed E-state index contributed by atoms with van der Waals surface area (Å²) in [5, 5.41) is 0. The molecule has 9 heavy (non-hydrogen) atoms. The second-order valence-corrected chi connectivity index (χ2v) is 3.77. The fourth-order valence-corrected chi connectivity index (χ4v) is 2.01. The van der Waals surface area contributed by atoms with Crippen LogP contribution in [0.1, 0.15) is 19.8 Å². The highest BCUT2D eigenvalue weighted by atomic mass is 14.6. The lowest BCUT2D eigenvalue weighted by Crippen LogP contribution is -2.03. The van der Waals surface area contributed by atoms with Crippen LogP contribution < -0.4 is 5.73 Å². The van der Waals surface area contributed by atoms with Gasteiger partial charge >= 0.3 is 0 Å². The second kappa shape index (κ2) is 1.72. The van der Waals surface area contributed by atoms with Gasteiger partial charge in [0.25, 0.3) is 0 Å². The summed E-state index contributed by atoms with van der Waals surface area (Å²) in [6.07, 6.45) is 2.92. The maximum Gasteiger partial charge on any atom is -0.00460 e. The van der Waals surface area contributed by atoms with E-state index >= 15 is 0 Å². The van der Waals surface area contributed by atoms with Crippen molar-refractivity contribution in [3.63, 3.8) is 0 Å². The molecular formula is C8H15N. The maximum absolute atomic E-state index is 5.54. The average Bonchev–Trinajstić information content (AvgIpc) is 2.61. The Kier molecular flexibility index (Phi) is 1.10. The van der Waals surface area contributed by atoms with Crippen LogP contribution in [0.5, 0.6) is 0 Å². The van der Waals surface area contributed by atoms with Crippen LogP contribution in [0, 0.1) is 23.7 Å². The quantitative estimate of drug-likeness (QED) is 0.590. The normalized spacial score (nSPS) is 55.3. The Morgan fingerprint density at radius 1 is 1.33 bits per heavy atom. The molecule has 0 amide bonds. The van der Waals surface area contributed by atoms with E-state index in [9.17, 15) is 0 Å². The molecule has 2 fully saturated rings. The first kappa shape index (κ1) is 5.72. The number of hydrogen-bond donors (Lipinski definition) is 1. The van der Waals surface area contributed by atoms with Crippen molar-refractivity contribution in [2.45, 2.75) is 19.8 Å². The van der Waals surface area contributed by atoms with Crippen LogP contribution >= 0.6 is 0 Å². The Morgan fingerprint density at radius 3 is 2.33 bits per heavy atom. The van der Waals surface area contributed by atoms with E-state index < -0.39 is 0 Å². The first-order valence-corrected chi connectivity index (χ1v) is 4.03. The van der Waals surface area contributed by atoms with Crippen molar-refractivity contribution in [3.05, 3.63) is 0 Å². The van der Waals surface area contributed by atoms with Crippen LogP contribution in [-0.2, 0) is 0 Å². The molecule has 4 unspecified atom stereocenters. The third-order valence-electron chi connectivity index (χ3n) is 3.00. The van der Waals surface area contributed by atoms with Crippen LogP contribution in [0.25, 0.3) is 0 Å². The fraction of sp³-hybridized carbons (Fsp3) is 1.00. The van der Waals surface area contributed by atoms with Gasteiger partial charge in [0, 0.05) is 0 Å². The standard InChI is InChI=1S/C8H15N/c1-5-2-7(5)8-3-6(8)4-9/h5-8H,2-4,9H2,1H3. The van der Waals surface area contributed by atoms with Gasteiger partial charge in [-0.2, -0.15) is 0 Å². The summed E-state index contributed by atoms with van der Waals surface area (Å²) in [4.78, 5) is 0. The highest BCUT2D eigenvalue weighted by molar-refractivity contribution is 5.00. The van der Waals surface area contributed by atoms with Gasteiger partial charge in [0.15, 0.2) is 0 Å². The molecule has 2 N–H and O–H groups in total. The van der Waals surface area contributed by atoms with Gasteiger partial charge in [-0.05, 0) is 43.1 Å². The molecule has 0 aromatic carbocycles. The molecule has 1 heteroatoms. The lowest BCUT2D eigenvalue weighted by atomic mass is 10.2. The predicted octanol–water partition coefficient (Wildman–Crippen LogP) is 1.24. The van der Waals surface area contributed by atoms with Gasteiger partial charge in [-0.15, -0.1) is 0 Å². The molecule has 2 aliphatic carbocycles. The highest BCUT2D eigenvalue weighted by Crippen LogP contribution is 2.57. The van der Waals surface area contributed by atoms with Crippen molar-refractivity contribution in [1.82, 2.24) is 0 Å². The van der Waals surface area contributed by atoms with Crippen LogP contribution in [0.15, 0.2) is 0 Å². The molecule has 0 aromatic heterocycles. The molecule has 1 nitrogen and oxygen atoms in total. The minimum absolute atomic E-state index is 0.917. The molecule has 2 rings (SSSR count). The molecule has 2 saturated carbocycles. The third kappa shape index (κ3) is 0.877. The van der Waals surface area contributed by atoms with E-state index in [1.165, 1.54) is 12.8 Å². The largest absolute Gasteiger partial charge is 0.330 e. The van der Waals surface area contributed by atoms with Crippen molar-refractivity contribution in [2.24, 2.45) is 29.4 Å². The van der Waals surface area contributed by atoms with E-state index in [0.29, 0.717) is 0 Å². The first-order chi connectivity index (χ1) is 4.33. The molecule has 4 atom stereocenters. The van der Waals surface area contributed by atoms with Gasteiger partial charge in [-0.1, -0.05) is 6.92 Å². The Bertz CT molecular complexity index is 122. The van der Waals surface area contributed by atoms with Crippen LogP contribution in [-0.4, -0.2) is 6.54 Å². The summed E-state index contributed by atoms with van der Waals surface area (Å²) < 4.78 is 0. The van der Waals surface area contributed by atoms with Gasteiger partial charge < -0.3 is 5.73 Å². The minimum Gasteiger partial charge on any atom is -0.330 e. The maximum atomic E-state index is 5.54. The number of rotatable bonds is 2. The van der Waals surface area contributed by atoms with Crippen molar-refractivity contribution in [1.29, 1.82) is 0 Å². The second-order valence-electron chi connectivity index (χ2n) is 3.77. The zero-order valence-corrected chi connectivity index (χ0v) is 6.01. The predicted molar refractivity (Wildman–Crippen MR) is 37.9 cm³/mol. The van der Waals surface area contributed by atoms with Crippen molar-refractivity contribution < 1.29 is 0 Å². The van der Waals surface area contributed by atoms with Crippen LogP contribution in [0.3, 0.4) is 0 Å². The van der Waals surface area contributed by atoms with Crippen molar-refractivity contribution in [3.8, 4) is 0 Å². The highest BCUT2D eigenvalue weighted by Gasteiger charge is 2.50. The van der Waals surface area contributed by atoms with Gasteiger partial charge in [-0.25, -0.2) is 0 Å². The molecule has 0 bridgehead atoms. The van der Waals surface area contributed by atoms with Crippen LogP contribution in [0.4, 0.5) is 0 Å². The summed E-state index contributed by atoms with van der Waals surface area (Å²) in [7, 11) is 0. The first-order valence-electron chi connectivity index (χ1n) is 4.03. The lowest BCUT2D eigenvalue weighted by molar-refractivity contribution is 0.597. The molecule has 0 spiro atoms. The summed E-state index contributed by atoms with van der Waals surface area (Å²) in [5.41, 5.74) is 5.54. The van der Waals surface area contributed by atoms with Gasteiger partial charge in [0.05, 0.1) is 0 Å². The molecule has 0 saturated heterocycles. The van der Waals surface area contributed by atoms with E-state index in [0.717, 1.165) is 30.2 Å². The van der Waals surface area contributed by atoms with E-state index in [2.05, 4.69) is 6.92 Å². The topological polar surface area (TPSA) is 26.0 Å². The zero-order chi connectivity index (χ0) is 6.43. The smallest absolute Gasteiger partial charge is 0.00460 e. The molecule has 52 valence electrons. The van der Waals surface area contributed by atoms with E-state index in [4.69, 9.17) is 5.73 Å². The molecule has 0 aliphatic heterocycles. The van der Waals surface area contributed by atoms with E-state index in [1.54, 1.807) is 0 Å². The summed E-state index contributed by atoms with van der Waals surface area (Å²) >= 11 is 0. The van der Waals surface area contributed by atoms with Crippen molar-refractivity contribution in [2.75, 3.05) is 6.54 Å². The zero-order valence-electron chi connectivity index (χ0n) is 6.01. The molecule has 0 heterocycles. The fourth-order valence-electron chi connectivity index (χ4n) is 2.01. The molecule has 0 radical (unpaired) electrons. The van der Waals surface area contributed by atoms with Gasteiger partial charge in [0.2, 0.25) is 0 Å². The van der Waals surface area contributed by atoms with E-state index in [1.807, 2.05) is 0 Å². The third-order valence-corrected chi connectivity index (χ3v) is 3.00. The van der Waals surface area contributed by atoms with Crippen LogP contribution in [0.2, 0.25) is 0 Å². The SMILES string of the molecule is CC1CC1C1CC1CN. The minimum atomic E-state index is 0.917. The van der Waals surface area contributed by atoms with E-state index in [-0.39, 0.29) is 0 Å². The Hall–Kier alpha value is -0.0400. The van der Waals surface area contributed by atoms with Gasteiger partial charge in [-0.3, -0.25) is 0 Å². The lowest BCUT2D eigenvalue weighted by Gasteiger charge is -1.90. The monoisotopic (exact) mass is 125 g/mol. The Balaban J connectivity index is 1.79.